The van der Waals surface area contributed by atoms with Crippen molar-refractivity contribution in [3.8, 4) is 0 Å². The molecule has 1 N–H and O–H groups in total. The molecule has 20 heavy (non-hydrogen) atoms. The molecule has 104 valence electrons. The van der Waals surface area contributed by atoms with Gasteiger partial charge in [0.25, 0.3) is 5.91 Å². The van der Waals surface area contributed by atoms with E-state index in [1.807, 2.05) is 0 Å². The number of carbonyl (C=O) groups is 1. The zero-order valence-electron chi connectivity index (χ0n) is 9.68. The Morgan fingerprint density at radius 1 is 1.05 bits per heavy atom. The number of hydrogen-bond acceptors (Lipinski definition) is 1. The van der Waals surface area contributed by atoms with Gasteiger partial charge in [-0.25, -0.2) is 4.39 Å². The molecule has 0 atom stereocenters. The Hall–Kier alpha value is -0.810. The number of anilines is 1. The minimum Gasteiger partial charge on any atom is -0.320 e. The number of nitrogens with one attached hydrogen (secondary N) is 1. The van der Waals surface area contributed by atoms with E-state index < -0.39 is 11.7 Å². The number of halogens is 5. The molecule has 0 unspecified atom stereocenters. The molecule has 0 aliphatic carbocycles. The third-order valence-corrected chi connectivity index (χ3v) is 3.96. The normalized spacial score (nSPS) is 10.4. The fourth-order valence-corrected chi connectivity index (χ4v) is 2.43. The van der Waals surface area contributed by atoms with Gasteiger partial charge in [-0.3, -0.25) is 4.79 Å². The highest BCUT2D eigenvalue weighted by Gasteiger charge is 2.15. The Labute approximate surface area is 138 Å². The first kappa shape index (κ1) is 15.6. The van der Waals surface area contributed by atoms with Crippen molar-refractivity contribution in [1.82, 2.24) is 0 Å². The van der Waals surface area contributed by atoms with Crippen LogP contribution in [0.25, 0.3) is 0 Å². The van der Waals surface area contributed by atoms with E-state index in [2.05, 4.69) is 21.2 Å². The van der Waals surface area contributed by atoms with E-state index in [0.29, 0.717) is 4.47 Å². The van der Waals surface area contributed by atoms with Gasteiger partial charge in [0.1, 0.15) is 5.82 Å². The third-order valence-electron chi connectivity index (χ3n) is 2.43. The molecule has 0 aliphatic rings. The maximum atomic E-state index is 13.6. The molecule has 2 aromatic carbocycles. The topological polar surface area (TPSA) is 29.1 Å². The van der Waals surface area contributed by atoms with Crippen LogP contribution in [0, 0.1) is 5.82 Å². The van der Waals surface area contributed by atoms with Crippen LogP contribution >= 0.6 is 50.7 Å². The van der Waals surface area contributed by atoms with Crippen LogP contribution in [0.5, 0.6) is 0 Å². The molecular formula is C13H6BrCl3FNO. The molecule has 0 spiro atoms. The number of hydrogen-bond donors (Lipinski definition) is 1. The van der Waals surface area contributed by atoms with Gasteiger partial charge in [0.2, 0.25) is 0 Å². The lowest BCUT2D eigenvalue weighted by molar-refractivity contribution is 0.102. The summed E-state index contributed by atoms with van der Waals surface area (Å²) in [6.45, 7) is 0. The summed E-state index contributed by atoms with van der Waals surface area (Å²) in [6.07, 6.45) is 0. The smallest absolute Gasteiger partial charge is 0.258 e. The van der Waals surface area contributed by atoms with Crippen molar-refractivity contribution >= 4 is 62.3 Å². The molecule has 0 bridgehead atoms. The third kappa shape index (κ3) is 3.44. The Morgan fingerprint density at radius 3 is 2.40 bits per heavy atom. The van der Waals surface area contributed by atoms with E-state index in [-0.39, 0.29) is 26.3 Å². The van der Waals surface area contributed by atoms with E-state index in [1.165, 1.54) is 30.3 Å². The summed E-state index contributed by atoms with van der Waals surface area (Å²) in [5, 5.41) is 3.20. The lowest BCUT2D eigenvalue weighted by Gasteiger charge is -2.09. The maximum absolute atomic E-state index is 13.6. The fraction of sp³-hybridized carbons (Fsp3) is 0. The van der Waals surface area contributed by atoms with Crippen LogP contribution in [-0.4, -0.2) is 5.91 Å². The van der Waals surface area contributed by atoms with Crippen molar-refractivity contribution in [3.05, 3.63) is 61.3 Å². The molecular weight excluding hydrogens is 391 g/mol. The van der Waals surface area contributed by atoms with E-state index in [9.17, 15) is 9.18 Å². The molecule has 0 saturated heterocycles. The Bertz CT molecular complexity index is 694. The summed E-state index contributed by atoms with van der Waals surface area (Å²) in [5.41, 5.74) is 0.145. The average Bonchev–Trinajstić information content (AvgIpc) is 2.38. The van der Waals surface area contributed by atoms with Gasteiger partial charge in [0.05, 0.1) is 26.3 Å². The highest BCUT2D eigenvalue weighted by molar-refractivity contribution is 9.10. The summed E-state index contributed by atoms with van der Waals surface area (Å²) in [6, 6.07) is 6.86. The van der Waals surface area contributed by atoms with E-state index in [1.54, 1.807) is 0 Å². The first-order valence-electron chi connectivity index (χ1n) is 5.29. The molecule has 0 aromatic heterocycles. The predicted octanol–water partition coefficient (Wildman–Crippen LogP) is 5.80. The van der Waals surface area contributed by atoms with Crippen molar-refractivity contribution in [2.75, 3.05) is 5.32 Å². The van der Waals surface area contributed by atoms with Crippen molar-refractivity contribution in [3.63, 3.8) is 0 Å². The van der Waals surface area contributed by atoms with Crippen LogP contribution in [0.4, 0.5) is 10.1 Å². The molecule has 0 fully saturated rings. The molecule has 0 heterocycles. The molecule has 2 rings (SSSR count). The van der Waals surface area contributed by atoms with Crippen LogP contribution in [0.15, 0.2) is 34.8 Å². The first-order valence-corrected chi connectivity index (χ1v) is 7.22. The van der Waals surface area contributed by atoms with Gasteiger partial charge in [-0.05, 0) is 30.3 Å². The van der Waals surface area contributed by atoms with Crippen molar-refractivity contribution in [2.45, 2.75) is 0 Å². The lowest BCUT2D eigenvalue weighted by atomic mass is 10.2. The molecule has 2 aromatic rings. The van der Waals surface area contributed by atoms with Gasteiger partial charge in [0, 0.05) is 4.47 Å². The molecule has 0 aliphatic heterocycles. The summed E-state index contributed by atoms with van der Waals surface area (Å²) in [7, 11) is 0. The van der Waals surface area contributed by atoms with E-state index in [4.69, 9.17) is 34.8 Å². The van der Waals surface area contributed by atoms with Crippen LogP contribution in [0.1, 0.15) is 10.4 Å². The summed E-state index contributed by atoms with van der Waals surface area (Å²) in [4.78, 5) is 12.0. The number of rotatable bonds is 2. The quantitative estimate of drug-likeness (QED) is 0.638. The maximum Gasteiger partial charge on any atom is 0.258 e. The second-order valence-corrected chi connectivity index (χ2v) is 5.96. The minimum atomic E-state index is -0.637. The average molecular weight is 397 g/mol. The van der Waals surface area contributed by atoms with Crippen molar-refractivity contribution in [1.29, 1.82) is 0 Å². The Balaban J connectivity index is 2.32. The zero-order chi connectivity index (χ0) is 14.9. The number of benzene rings is 2. The highest BCUT2D eigenvalue weighted by Crippen LogP contribution is 2.32. The van der Waals surface area contributed by atoms with Gasteiger partial charge in [-0.2, -0.15) is 0 Å². The SMILES string of the molecule is O=C(Nc1cc(Cl)c(Cl)cc1Cl)c1cc(Br)ccc1F. The predicted molar refractivity (Wildman–Crippen MR) is 83.5 cm³/mol. The minimum absolute atomic E-state index is 0.110. The van der Waals surface area contributed by atoms with E-state index in [0.717, 1.165) is 0 Å². The summed E-state index contributed by atoms with van der Waals surface area (Å²) >= 11 is 20.8. The van der Waals surface area contributed by atoms with Crippen LogP contribution < -0.4 is 5.32 Å². The van der Waals surface area contributed by atoms with Crippen LogP contribution in [-0.2, 0) is 0 Å². The standard InChI is InChI=1S/C13H6BrCl3FNO/c14-6-1-2-11(18)7(3-6)13(20)19-12-5-9(16)8(15)4-10(12)17/h1-5H,(H,19,20). The highest BCUT2D eigenvalue weighted by atomic mass is 79.9. The van der Waals surface area contributed by atoms with Crippen molar-refractivity contribution in [2.24, 2.45) is 0 Å². The van der Waals surface area contributed by atoms with Gasteiger partial charge in [-0.15, -0.1) is 0 Å². The fourth-order valence-electron chi connectivity index (χ4n) is 1.48. The Kier molecular flexibility index (Phi) is 4.91. The van der Waals surface area contributed by atoms with Crippen molar-refractivity contribution < 1.29 is 9.18 Å². The zero-order valence-corrected chi connectivity index (χ0v) is 13.5. The van der Waals surface area contributed by atoms with Crippen LogP contribution in [0.3, 0.4) is 0 Å². The number of carbonyl (C=O) groups excluding carboxylic acids is 1. The lowest BCUT2D eigenvalue weighted by Crippen LogP contribution is -2.14. The molecule has 0 radical (unpaired) electrons. The largest absolute Gasteiger partial charge is 0.320 e. The second-order valence-electron chi connectivity index (χ2n) is 3.82. The molecule has 7 heteroatoms. The first-order chi connectivity index (χ1) is 9.38. The molecule has 2 nitrogen and oxygen atoms in total. The van der Waals surface area contributed by atoms with E-state index >= 15 is 0 Å². The van der Waals surface area contributed by atoms with Gasteiger partial charge < -0.3 is 5.32 Å². The van der Waals surface area contributed by atoms with Gasteiger partial charge in [-0.1, -0.05) is 50.7 Å². The molecule has 1 amide bonds. The monoisotopic (exact) mass is 395 g/mol. The molecule has 0 saturated carbocycles. The van der Waals surface area contributed by atoms with Crippen LogP contribution in [0.2, 0.25) is 15.1 Å². The summed E-state index contributed by atoms with van der Waals surface area (Å²) < 4.78 is 14.2. The second kappa shape index (κ2) is 6.31. The van der Waals surface area contributed by atoms with Gasteiger partial charge >= 0.3 is 0 Å². The number of amides is 1. The Morgan fingerprint density at radius 2 is 1.70 bits per heavy atom. The van der Waals surface area contributed by atoms with Gasteiger partial charge in [0.15, 0.2) is 0 Å². The summed E-state index contributed by atoms with van der Waals surface area (Å²) in [5.74, 6) is -1.27.